The van der Waals surface area contributed by atoms with E-state index in [9.17, 15) is 10.2 Å². The molecule has 0 unspecified atom stereocenters. The Morgan fingerprint density at radius 1 is 0.588 bits per heavy atom. The zero-order chi connectivity index (χ0) is 24.6. The molecule has 0 amide bonds. The minimum atomic E-state index is -0.0460. The molecule has 0 aliphatic carbocycles. The Morgan fingerprint density at radius 3 is 1.35 bits per heavy atom. The first kappa shape index (κ1) is 31.9. The Labute approximate surface area is 213 Å². The average molecular weight is 483 g/mol. The van der Waals surface area contributed by atoms with Gasteiger partial charge in [-0.1, -0.05) is 129 Å². The summed E-state index contributed by atoms with van der Waals surface area (Å²) in [7, 11) is 0. The van der Waals surface area contributed by atoms with Gasteiger partial charge in [0, 0.05) is 38.4 Å². The summed E-state index contributed by atoms with van der Waals surface area (Å²) in [4.78, 5) is 2.55. The molecular formula is C30H62N2O2. The van der Waals surface area contributed by atoms with Crippen LogP contribution in [-0.2, 0) is 0 Å². The average Bonchev–Trinajstić information content (AvgIpc) is 2.84. The van der Waals surface area contributed by atoms with Crippen molar-refractivity contribution in [2.45, 2.75) is 154 Å². The van der Waals surface area contributed by atoms with Gasteiger partial charge in [-0.2, -0.15) is 0 Å². The Kier molecular flexibility index (Phi) is 21.8. The normalized spacial score (nSPS) is 16.3. The Bertz CT molecular complexity index is 407. The monoisotopic (exact) mass is 482 g/mol. The summed E-state index contributed by atoms with van der Waals surface area (Å²) in [6, 6.07) is 0. The molecule has 3 N–H and O–H groups in total. The van der Waals surface area contributed by atoms with Crippen LogP contribution in [0.2, 0.25) is 0 Å². The van der Waals surface area contributed by atoms with Crippen LogP contribution in [0.25, 0.3) is 0 Å². The molecule has 1 heterocycles. The Balaban J connectivity index is 1.85. The SMILES string of the molecule is CCCCCCCCCCCCCCCCCCCCCCN1CCNCC1(CCO)CCO. The fourth-order valence-corrected chi connectivity index (χ4v) is 5.83. The van der Waals surface area contributed by atoms with E-state index >= 15 is 0 Å². The van der Waals surface area contributed by atoms with Gasteiger partial charge in [0.2, 0.25) is 0 Å². The molecule has 0 atom stereocenters. The van der Waals surface area contributed by atoms with E-state index in [1.54, 1.807) is 0 Å². The number of nitrogens with one attached hydrogen (secondary N) is 1. The summed E-state index contributed by atoms with van der Waals surface area (Å²) in [6.45, 7) is 6.78. The van der Waals surface area contributed by atoms with Gasteiger partial charge in [-0.15, -0.1) is 0 Å². The molecule has 4 heteroatoms. The van der Waals surface area contributed by atoms with Crippen molar-refractivity contribution in [3.05, 3.63) is 0 Å². The molecular weight excluding hydrogens is 420 g/mol. The molecule has 34 heavy (non-hydrogen) atoms. The van der Waals surface area contributed by atoms with E-state index < -0.39 is 0 Å². The molecule has 1 saturated heterocycles. The van der Waals surface area contributed by atoms with Crippen molar-refractivity contribution in [2.24, 2.45) is 0 Å². The number of hydrogen-bond acceptors (Lipinski definition) is 4. The predicted octanol–water partition coefficient (Wildman–Crippen LogP) is 7.22. The van der Waals surface area contributed by atoms with Crippen molar-refractivity contribution in [1.29, 1.82) is 0 Å². The zero-order valence-electron chi connectivity index (χ0n) is 23.1. The van der Waals surface area contributed by atoms with Crippen LogP contribution in [0.15, 0.2) is 0 Å². The lowest BCUT2D eigenvalue weighted by molar-refractivity contribution is 0.0165. The van der Waals surface area contributed by atoms with Gasteiger partial charge in [0.05, 0.1) is 0 Å². The van der Waals surface area contributed by atoms with Gasteiger partial charge in [0.25, 0.3) is 0 Å². The summed E-state index contributed by atoms with van der Waals surface area (Å²) in [6.07, 6.45) is 29.9. The summed E-state index contributed by atoms with van der Waals surface area (Å²) >= 11 is 0. The maximum atomic E-state index is 9.53. The summed E-state index contributed by atoms with van der Waals surface area (Å²) in [5.41, 5.74) is -0.0460. The lowest BCUT2D eigenvalue weighted by Crippen LogP contribution is -2.62. The fraction of sp³-hybridized carbons (Fsp3) is 1.00. The Morgan fingerprint density at radius 2 is 0.971 bits per heavy atom. The highest BCUT2D eigenvalue weighted by molar-refractivity contribution is 4.95. The smallest absolute Gasteiger partial charge is 0.0449 e. The van der Waals surface area contributed by atoms with Crippen LogP contribution in [0.1, 0.15) is 148 Å². The van der Waals surface area contributed by atoms with E-state index in [1.807, 2.05) is 0 Å². The van der Waals surface area contributed by atoms with Crippen molar-refractivity contribution >= 4 is 0 Å². The minimum Gasteiger partial charge on any atom is -0.396 e. The molecule has 0 bridgehead atoms. The number of aliphatic hydroxyl groups is 2. The van der Waals surface area contributed by atoms with E-state index in [2.05, 4.69) is 17.1 Å². The highest BCUT2D eigenvalue weighted by atomic mass is 16.3. The van der Waals surface area contributed by atoms with Crippen LogP contribution in [-0.4, -0.2) is 60.0 Å². The first-order valence-electron chi connectivity index (χ1n) is 15.5. The molecule has 204 valence electrons. The summed E-state index contributed by atoms with van der Waals surface area (Å²) in [5, 5.41) is 22.5. The molecule has 0 saturated carbocycles. The third-order valence-corrected chi connectivity index (χ3v) is 8.12. The lowest BCUT2D eigenvalue weighted by atomic mass is 9.87. The number of piperazine rings is 1. The van der Waals surface area contributed by atoms with Gasteiger partial charge in [-0.05, 0) is 25.8 Å². The second-order valence-electron chi connectivity index (χ2n) is 11.1. The summed E-state index contributed by atoms with van der Waals surface area (Å²) in [5.74, 6) is 0. The molecule has 4 nitrogen and oxygen atoms in total. The molecule has 1 rings (SSSR count). The quantitative estimate of drug-likeness (QED) is 0.120. The highest BCUT2D eigenvalue weighted by Crippen LogP contribution is 2.26. The first-order valence-corrected chi connectivity index (χ1v) is 15.5. The van der Waals surface area contributed by atoms with Gasteiger partial charge in [0.15, 0.2) is 0 Å². The van der Waals surface area contributed by atoms with Crippen LogP contribution < -0.4 is 5.32 Å². The zero-order valence-corrected chi connectivity index (χ0v) is 23.1. The standard InChI is InChI=1S/C30H62N2O2/c1-2-3-4-5-6-7-8-9-10-11-12-13-14-15-16-17-18-19-20-21-25-32-26-24-31-29-30(32,22-27-33)23-28-34/h31,33-34H,2-29H2,1H3. The van der Waals surface area contributed by atoms with E-state index in [1.165, 1.54) is 128 Å². The summed E-state index contributed by atoms with van der Waals surface area (Å²) < 4.78 is 0. The van der Waals surface area contributed by atoms with Crippen molar-refractivity contribution in [1.82, 2.24) is 10.2 Å². The second kappa shape index (κ2) is 23.3. The van der Waals surface area contributed by atoms with E-state index in [0.29, 0.717) is 0 Å². The molecule has 1 aliphatic heterocycles. The number of aliphatic hydroxyl groups excluding tert-OH is 2. The largest absolute Gasteiger partial charge is 0.396 e. The molecule has 0 aromatic heterocycles. The number of nitrogens with zero attached hydrogens (tertiary/aromatic N) is 1. The van der Waals surface area contributed by atoms with E-state index in [0.717, 1.165) is 39.0 Å². The fourth-order valence-electron chi connectivity index (χ4n) is 5.83. The minimum absolute atomic E-state index is 0.0460. The van der Waals surface area contributed by atoms with Crippen LogP contribution in [0, 0.1) is 0 Å². The third-order valence-electron chi connectivity index (χ3n) is 8.12. The first-order chi connectivity index (χ1) is 16.8. The van der Waals surface area contributed by atoms with Gasteiger partial charge in [-0.3, -0.25) is 4.90 Å². The lowest BCUT2D eigenvalue weighted by Gasteiger charge is -2.47. The predicted molar refractivity (Wildman–Crippen MR) is 149 cm³/mol. The van der Waals surface area contributed by atoms with Gasteiger partial charge in [0.1, 0.15) is 0 Å². The molecule has 0 aromatic carbocycles. The van der Waals surface area contributed by atoms with Gasteiger partial charge >= 0.3 is 0 Å². The number of hydrogen-bond donors (Lipinski definition) is 3. The van der Waals surface area contributed by atoms with Crippen LogP contribution in [0.3, 0.4) is 0 Å². The molecule has 1 fully saturated rings. The molecule has 0 radical (unpaired) electrons. The van der Waals surface area contributed by atoms with Crippen LogP contribution in [0.4, 0.5) is 0 Å². The van der Waals surface area contributed by atoms with Crippen molar-refractivity contribution < 1.29 is 10.2 Å². The Hall–Kier alpha value is -0.160. The highest BCUT2D eigenvalue weighted by Gasteiger charge is 2.37. The maximum Gasteiger partial charge on any atom is 0.0449 e. The van der Waals surface area contributed by atoms with Crippen molar-refractivity contribution in [2.75, 3.05) is 39.4 Å². The van der Waals surface area contributed by atoms with Crippen LogP contribution >= 0.6 is 0 Å². The topological polar surface area (TPSA) is 55.7 Å². The number of unbranched alkanes of at least 4 members (excludes halogenated alkanes) is 19. The third kappa shape index (κ3) is 15.8. The van der Waals surface area contributed by atoms with Crippen LogP contribution in [0.5, 0.6) is 0 Å². The van der Waals surface area contributed by atoms with Crippen molar-refractivity contribution in [3.63, 3.8) is 0 Å². The van der Waals surface area contributed by atoms with E-state index in [-0.39, 0.29) is 18.8 Å². The second-order valence-corrected chi connectivity index (χ2v) is 11.1. The van der Waals surface area contributed by atoms with Gasteiger partial charge in [-0.25, -0.2) is 0 Å². The molecule has 0 spiro atoms. The number of rotatable bonds is 25. The van der Waals surface area contributed by atoms with Crippen molar-refractivity contribution in [3.8, 4) is 0 Å². The van der Waals surface area contributed by atoms with E-state index in [4.69, 9.17) is 0 Å². The molecule has 0 aromatic rings. The maximum absolute atomic E-state index is 9.53. The van der Waals surface area contributed by atoms with Gasteiger partial charge < -0.3 is 15.5 Å². The molecule has 1 aliphatic rings.